The normalized spacial score (nSPS) is 14.2. The monoisotopic (exact) mass is 270 g/mol. The molecular weight excluding hydrogens is 248 g/mol. The summed E-state index contributed by atoms with van der Waals surface area (Å²) in [6.07, 6.45) is 2.15. The van der Waals surface area contributed by atoms with Gasteiger partial charge in [-0.3, -0.25) is 4.79 Å². The van der Waals surface area contributed by atoms with Crippen LogP contribution in [0.2, 0.25) is 0 Å². The highest BCUT2D eigenvalue weighted by Gasteiger charge is 2.15. The third-order valence-electron chi connectivity index (χ3n) is 3.97. The number of aromatic nitrogens is 1. The van der Waals surface area contributed by atoms with E-state index < -0.39 is 0 Å². The van der Waals surface area contributed by atoms with Crippen molar-refractivity contribution in [3.63, 3.8) is 0 Å². The second-order valence-corrected chi connectivity index (χ2v) is 6.11. The van der Waals surface area contributed by atoms with Gasteiger partial charge in [0.15, 0.2) is 0 Å². The number of para-hydroxylation sites is 1. The topological polar surface area (TPSA) is 34.0 Å². The van der Waals surface area contributed by atoms with Crippen LogP contribution < -0.4 is 10.9 Å². The molecule has 1 N–H and O–H groups in total. The van der Waals surface area contributed by atoms with Crippen molar-refractivity contribution in [1.29, 1.82) is 0 Å². The summed E-state index contributed by atoms with van der Waals surface area (Å²) >= 11 is 0. The van der Waals surface area contributed by atoms with E-state index in [4.69, 9.17) is 0 Å². The van der Waals surface area contributed by atoms with Crippen LogP contribution >= 0.6 is 0 Å². The van der Waals surface area contributed by atoms with Crippen molar-refractivity contribution < 1.29 is 0 Å². The number of nitrogens with zero attached hydrogens (tertiary/aromatic N) is 1. The standard InChI is InChI=1S/C17H22N2O/c1-12(2)10-18-11-15-9-14-6-3-5-13-7-4-8-19(16(13)14)17(15)20/h3,5-6,9,12,18H,4,7-8,10-11H2,1-2H3. The molecule has 3 nitrogen and oxygen atoms in total. The maximum Gasteiger partial charge on any atom is 0.255 e. The Balaban J connectivity index is 2.03. The zero-order chi connectivity index (χ0) is 14.1. The highest BCUT2D eigenvalue weighted by atomic mass is 16.1. The van der Waals surface area contributed by atoms with E-state index in [-0.39, 0.29) is 5.56 Å². The molecule has 0 fully saturated rings. The number of rotatable bonds is 4. The van der Waals surface area contributed by atoms with Gasteiger partial charge in [-0.25, -0.2) is 0 Å². The maximum atomic E-state index is 12.6. The molecule has 0 saturated heterocycles. The van der Waals surface area contributed by atoms with Gasteiger partial charge in [-0.1, -0.05) is 32.0 Å². The van der Waals surface area contributed by atoms with Crippen molar-refractivity contribution in [3.05, 3.63) is 45.7 Å². The van der Waals surface area contributed by atoms with Gasteiger partial charge in [0.2, 0.25) is 0 Å². The average Bonchev–Trinajstić information content (AvgIpc) is 2.44. The smallest absolute Gasteiger partial charge is 0.255 e. The van der Waals surface area contributed by atoms with Gasteiger partial charge in [0.05, 0.1) is 5.52 Å². The molecule has 1 aromatic heterocycles. The predicted octanol–water partition coefficient (Wildman–Crippen LogP) is 2.69. The molecule has 2 heterocycles. The van der Waals surface area contributed by atoms with Crippen molar-refractivity contribution in [2.75, 3.05) is 6.54 Å². The summed E-state index contributed by atoms with van der Waals surface area (Å²) in [7, 11) is 0. The number of aryl methyl sites for hydroxylation is 2. The summed E-state index contributed by atoms with van der Waals surface area (Å²) < 4.78 is 1.97. The lowest BCUT2D eigenvalue weighted by Gasteiger charge is -2.20. The van der Waals surface area contributed by atoms with Crippen molar-refractivity contribution >= 4 is 10.9 Å². The fourth-order valence-corrected chi connectivity index (χ4v) is 3.05. The van der Waals surface area contributed by atoms with E-state index in [2.05, 4.69) is 43.4 Å². The molecule has 20 heavy (non-hydrogen) atoms. The van der Waals surface area contributed by atoms with E-state index in [1.165, 1.54) is 10.9 Å². The van der Waals surface area contributed by atoms with Crippen LogP contribution in [0.4, 0.5) is 0 Å². The molecule has 106 valence electrons. The summed E-state index contributed by atoms with van der Waals surface area (Å²) in [6, 6.07) is 8.43. The lowest BCUT2D eigenvalue weighted by Crippen LogP contribution is -2.30. The average molecular weight is 270 g/mol. The van der Waals surface area contributed by atoms with Crippen LogP contribution in [0.25, 0.3) is 10.9 Å². The van der Waals surface area contributed by atoms with Gasteiger partial charge in [0, 0.05) is 18.7 Å². The van der Waals surface area contributed by atoms with Gasteiger partial charge in [-0.2, -0.15) is 0 Å². The van der Waals surface area contributed by atoms with Crippen LogP contribution in [-0.4, -0.2) is 11.1 Å². The first-order valence-corrected chi connectivity index (χ1v) is 7.52. The Bertz CT molecular complexity index is 685. The Morgan fingerprint density at radius 2 is 2.20 bits per heavy atom. The zero-order valence-electron chi connectivity index (χ0n) is 12.3. The molecule has 3 rings (SSSR count). The quantitative estimate of drug-likeness (QED) is 0.927. The Hall–Kier alpha value is -1.61. The van der Waals surface area contributed by atoms with Gasteiger partial charge < -0.3 is 9.88 Å². The molecule has 1 aliphatic rings. The van der Waals surface area contributed by atoms with Crippen LogP contribution in [0, 0.1) is 5.92 Å². The first kappa shape index (κ1) is 13.4. The van der Waals surface area contributed by atoms with E-state index in [0.717, 1.165) is 37.0 Å². The molecule has 0 atom stereocenters. The lowest BCUT2D eigenvalue weighted by molar-refractivity contribution is 0.545. The number of hydrogen-bond acceptors (Lipinski definition) is 2. The minimum atomic E-state index is 0.181. The number of hydrogen-bond donors (Lipinski definition) is 1. The molecule has 0 spiro atoms. The first-order valence-electron chi connectivity index (χ1n) is 7.52. The van der Waals surface area contributed by atoms with E-state index in [1.807, 2.05) is 4.57 Å². The first-order chi connectivity index (χ1) is 9.66. The van der Waals surface area contributed by atoms with Gasteiger partial charge in [0.25, 0.3) is 5.56 Å². The van der Waals surface area contributed by atoms with Gasteiger partial charge in [-0.15, -0.1) is 0 Å². The third kappa shape index (κ3) is 2.38. The number of pyridine rings is 1. The molecular formula is C17H22N2O. The van der Waals surface area contributed by atoms with Crippen LogP contribution in [0.5, 0.6) is 0 Å². The van der Waals surface area contributed by atoms with E-state index in [9.17, 15) is 4.79 Å². The highest BCUT2D eigenvalue weighted by molar-refractivity contribution is 5.83. The largest absolute Gasteiger partial charge is 0.312 e. The summed E-state index contributed by atoms with van der Waals surface area (Å²) in [6.45, 7) is 6.81. The summed E-state index contributed by atoms with van der Waals surface area (Å²) in [5.41, 5.74) is 3.53. The lowest BCUT2D eigenvalue weighted by atomic mass is 10.00. The summed E-state index contributed by atoms with van der Waals surface area (Å²) in [5.74, 6) is 0.600. The Labute approximate surface area is 119 Å². The van der Waals surface area contributed by atoms with E-state index >= 15 is 0 Å². The SMILES string of the molecule is CC(C)CNCc1cc2cccc3c2n(c1=O)CCC3. The van der Waals surface area contributed by atoms with Gasteiger partial charge in [0.1, 0.15) is 0 Å². The van der Waals surface area contributed by atoms with Crippen LogP contribution in [0.15, 0.2) is 29.1 Å². The highest BCUT2D eigenvalue weighted by Crippen LogP contribution is 2.23. The fraction of sp³-hybridized carbons (Fsp3) is 0.471. The number of nitrogens with one attached hydrogen (secondary N) is 1. The Morgan fingerprint density at radius 1 is 1.35 bits per heavy atom. The summed E-state index contributed by atoms with van der Waals surface area (Å²) in [4.78, 5) is 12.6. The zero-order valence-corrected chi connectivity index (χ0v) is 12.3. The minimum absolute atomic E-state index is 0.181. The van der Waals surface area contributed by atoms with Crippen molar-refractivity contribution in [3.8, 4) is 0 Å². The molecule has 0 aliphatic carbocycles. The second-order valence-electron chi connectivity index (χ2n) is 6.11. The van der Waals surface area contributed by atoms with Crippen molar-refractivity contribution in [2.45, 2.75) is 39.8 Å². The van der Waals surface area contributed by atoms with Crippen LogP contribution in [0.3, 0.4) is 0 Å². The molecule has 0 radical (unpaired) electrons. The minimum Gasteiger partial charge on any atom is -0.312 e. The van der Waals surface area contributed by atoms with Crippen molar-refractivity contribution in [1.82, 2.24) is 9.88 Å². The van der Waals surface area contributed by atoms with E-state index in [1.54, 1.807) is 0 Å². The molecule has 3 heteroatoms. The second kappa shape index (κ2) is 5.41. The fourth-order valence-electron chi connectivity index (χ4n) is 3.05. The van der Waals surface area contributed by atoms with Gasteiger partial charge in [-0.05, 0) is 42.3 Å². The van der Waals surface area contributed by atoms with Crippen LogP contribution in [-0.2, 0) is 19.5 Å². The Morgan fingerprint density at radius 3 is 3.00 bits per heavy atom. The molecule has 0 bridgehead atoms. The van der Waals surface area contributed by atoms with Gasteiger partial charge >= 0.3 is 0 Å². The molecule has 0 amide bonds. The predicted molar refractivity (Wildman–Crippen MR) is 83.1 cm³/mol. The third-order valence-corrected chi connectivity index (χ3v) is 3.97. The molecule has 2 aromatic rings. The Kier molecular flexibility index (Phi) is 3.62. The molecule has 1 aliphatic heterocycles. The molecule has 0 saturated carbocycles. The van der Waals surface area contributed by atoms with Crippen LogP contribution in [0.1, 0.15) is 31.4 Å². The number of benzene rings is 1. The maximum absolute atomic E-state index is 12.6. The van der Waals surface area contributed by atoms with E-state index in [0.29, 0.717) is 12.5 Å². The summed E-state index contributed by atoms with van der Waals surface area (Å²) in [5, 5.41) is 4.57. The van der Waals surface area contributed by atoms with Crippen molar-refractivity contribution in [2.24, 2.45) is 5.92 Å². The molecule has 1 aromatic carbocycles. The molecule has 0 unspecified atom stereocenters.